The Hall–Kier alpha value is -1.89. The standard InChI is InChI=1S/C13H17N3O/c1-10(2)4-3-7-15-13(17)12-6-5-11(8-14)9-16-12/h5-6,9-10H,3-4,7H2,1-2H3,(H,15,17). The minimum Gasteiger partial charge on any atom is -0.351 e. The Morgan fingerprint density at radius 2 is 2.29 bits per heavy atom. The first kappa shape index (κ1) is 13.2. The summed E-state index contributed by atoms with van der Waals surface area (Å²) >= 11 is 0. The quantitative estimate of drug-likeness (QED) is 0.789. The predicted octanol–water partition coefficient (Wildman–Crippen LogP) is 2.12. The van der Waals surface area contributed by atoms with Crippen LogP contribution in [0.15, 0.2) is 18.3 Å². The first-order chi connectivity index (χ1) is 8.13. The van der Waals surface area contributed by atoms with E-state index in [1.54, 1.807) is 12.1 Å². The maximum Gasteiger partial charge on any atom is 0.269 e. The molecule has 0 aliphatic heterocycles. The third kappa shape index (κ3) is 4.64. The molecule has 0 bridgehead atoms. The summed E-state index contributed by atoms with van der Waals surface area (Å²) in [6.07, 6.45) is 3.48. The van der Waals surface area contributed by atoms with Gasteiger partial charge in [0, 0.05) is 12.7 Å². The molecule has 0 spiro atoms. The Morgan fingerprint density at radius 1 is 1.53 bits per heavy atom. The molecule has 0 aliphatic carbocycles. The highest BCUT2D eigenvalue weighted by atomic mass is 16.1. The Kier molecular flexibility index (Phi) is 5.15. The van der Waals surface area contributed by atoms with Gasteiger partial charge in [0.05, 0.1) is 5.56 Å². The third-order valence-electron chi connectivity index (χ3n) is 2.37. The molecule has 0 aliphatic rings. The molecule has 17 heavy (non-hydrogen) atoms. The second-order valence-electron chi connectivity index (χ2n) is 4.34. The summed E-state index contributed by atoms with van der Waals surface area (Å²) in [4.78, 5) is 15.6. The first-order valence-corrected chi connectivity index (χ1v) is 5.78. The van der Waals surface area contributed by atoms with E-state index in [0.29, 0.717) is 23.7 Å². The summed E-state index contributed by atoms with van der Waals surface area (Å²) in [6.45, 7) is 4.98. The van der Waals surface area contributed by atoms with Crippen LogP contribution in [0.25, 0.3) is 0 Å². The van der Waals surface area contributed by atoms with Gasteiger partial charge in [-0.2, -0.15) is 5.26 Å². The zero-order chi connectivity index (χ0) is 12.7. The molecule has 1 aromatic rings. The van der Waals surface area contributed by atoms with Crippen LogP contribution in [0.1, 0.15) is 42.7 Å². The van der Waals surface area contributed by atoms with Crippen molar-refractivity contribution in [1.29, 1.82) is 5.26 Å². The molecular formula is C13H17N3O. The maximum atomic E-state index is 11.6. The van der Waals surface area contributed by atoms with Crippen molar-refractivity contribution in [2.24, 2.45) is 5.92 Å². The molecule has 0 atom stereocenters. The van der Waals surface area contributed by atoms with Gasteiger partial charge in [0.2, 0.25) is 0 Å². The van der Waals surface area contributed by atoms with Crippen LogP contribution in [0.2, 0.25) is 0 Å². The average Bonchev–Trinajstić information content (AvgIpc) is 2.34. The Balaban J connectivity index is 2.39. The van der Waals surface area contributed by atoms with E-state index in [0.717, 1.165) is 12.8 Å². The minimum atomic E-state index is -0.182. The van der Waals surface area contributed by atoms with Gasteiger partial charge in [-0.1, -0.05) is 13.8 Å². The topological polar surface area (TPSA) is 65.8 Å². The van der Waals surface area contributed by atoms with E-state index in [2.05, 4.69) is 24.1 Å². The van der Waals surface area contributed by atoms with Crippen molar-refractivity contribution < 1.29 is 4.79 Å². The predicted molar refractivity (Wildman–Crippen MR) is 65.4 cm³/mol. The summed E-state index contributed by atoms with van der Waals surface area (Å²) < 4.78 is 0. The molecule has 0 saturated heterocycles. The first-order valence-electron chi connectivity index (χ1n) is 5.78. The molecule has 0 fully saturated rings. The molecule has 0 unspecified atom stereocenters. The highest BCUT2D eigenvalue weighted by Crippen LogP contribution is 2.02. The highest BCUT2D eigenvalue weighted by Gasteiger charge is 2.06. The van der Waals surface area contributed by atoms with Crippen LogP contribution in [0.3, 0.4) is 0 Å². The number of nitrogens with one attached hydrogen (secondary N) is 1. The van der Waals surface area contributed by atoms with Crippen molar-refractivity contribution in [2.75, 3.05) is 6.54 Å². The summed E-state index contributed by atoms with van der Waals surface area (Å²) in [6, 6.07) is 5.12. The van der Waals surface area contributed by atoms with Gasteiger partial charge in [0.15, 0.2) is 0 Å². The van der Waals surface area contributed by atoms with Crippen molar-refractivity contribution in [3.05, 3.63) is 29.6 Å². The lowest BCUT2D eigenvalue weighted by atomic mass is 10.1. The van der Waals surface area contributed by atoms with Crippen molar-refractivity contribution in [3.8, 4) is 6.07 Å². The van der Waals surface area contributed by atoms with Gasteiger partial charge < -0.3 is 5.32 Å². The maximum absolute atomic E-state index is 11.6. The summed E-state index contributed by atoms with van der Waals surface area (Å²) in [5, 5.41) is 11.4. The van der Waals surface area contributed by atoms with Crippen LogP contribution >= 0.6 is 0 Å². The largest absolute Gasteiger partial charge is 0.351 e. The van der Waals surface area contributed by atoms with Crippen LogP contribution in [0.4, 0.5) is 0 Å². The number of nitriles is 1. The number of carbonyl (C=O) groups is 1. The normalized spacial score (nSPS) is 10.0. The van der Waals surface area contributed by atoms with Crippen LogP contribution in [0.5, 0.6) is 0 Å². The third-order valence-corrected chi connectivity index (χ3v) is 2.37. The second kappa shape index (κ2) is 6.64. The monoisotopic (exact) mass is 231 g/mol. The molecule has 1 amide bonds. The fourth-order valence-corrected chi connectivity index (χ4v) is 1.40. The molecule has 1 N–H and O–H groups in total. The van der Waals surface area contributed by atoms with Crippen LogP contribution in [0, 0.1) is 17.2 Å². The number of carbonyl (C=O) groups excluding carboxylic acids is 1. The summed E-state index contributed by atoms with van der Waals surface area (Å²) in [5.41, 5.74) is 0.815. The fraction of sp³-hybridized carbons (Fsp3) is 0.462. The molecule has 0 saturated carbocycles. The van der Waals surface area contributed by atoms with E-state index in [4.69, 9.17) is 5.26 Å². The van der Waals surface area contributed by atoms with Gasteiger partial charge >= 0.3 is 0 Å². The average molecular weight is 231 g/mol. The molecule has 0 aromatic carbocycles. The van der Waals surface area contributed by atoms with Gasteiger partial charge in [-0.15, -0.1) is 0 Å². The number of hydrogen-bond donors (Lipinski definition) is 1. The van der Waals surface area contributed by atoms with E-state index in [-0.39, 0.29) is 5.91 Å². The van der Waals surface area contributed by atoms with Crippen LogP contribution in [-0.4, -0.2) is 17.4 Å². The SMILES string of the molecule is CC(C)CCCNC(=O)c1ccc(C#N)cn1. The Labute approximate surface area is 102 Å². The highest BCUT2D eigenvalue weighted by molar-refractivity contribution is 5.92. The van der Waals surface area contributed by atoms with Crippen LogP contribution < -0.4 is 5.32 Å². The molecule has 1 rings (SSSR count). The fourth-order valence-electron chi connectivity index (χ4n) is 1.40. The van der Waals surface area contributed by atoms with E-state index in [1.807, 2.05) is 6.07 Å². The number of aromatic nitrogens is 1. The van der Waals surface area contributed by atoms with E-state index < -0.39 is 0 Å². The minimum absolute atomic E-state index is 0.182. The Morgan fingerprint density at radius 3 is 2.82 bits per heavy atom. The van der Waals surface area contributed by atoms with Crippen molar-refractivity contribution >= 4 is 5.91 Å². The molecule has 0 radical (unpaired) electrons. The van der Waals surface area contributed by atoms with Gasteiger partial charge in [-0.05, 0) is 30.9 Å². The molecular weight excluding hydrogens is 214 g/mol. The van der Waals surface area contributed by atoms with E-state index >= 15 is 0 Å². The lowest BCUT2D eigenvalue weighted by Crippen LogP contribution is -2.25. The smallest absolute Gasteiger partial charge is 0.269 e. The van der Waals surface area contributed by atoms with Gasteiger partial charge in [0.25, 0.3) is 5.91 Å². The number of hydrogen-bond acceptors (Lipinski definition) is 3. The molecule has 1 aromatic heterocycles. The van der Waals surface area contributed by atoms with Crippen LogP contribution in [-0.2, 0) is 0 Å². The van der Waals surface area contributed by atoms with E-state index in [1.165, 1.54) is 6.20 Å². The van der Waals surface area contributed by atoms with Gasteiger partial charge in [-0.3, -0.25) is 4.79 Å². The van der Waals surface area contributed by atoms with Gasteiger partial charge in [0.1, 0.15) is 11.8 Å². The van der Waals surface area contributed by atoms with E-state index in [9.17, 15) is 4.79 Å². The zero-order valence-corrected chi connectivity index (χ0v) is 10.2. The number of pyridine rings is 1. The molecule has 90 valence electrons. The number of amides is 1. The number of nitrogens with zero attached hydrogens (tertiary/aromatic N) is 2. The van der Waals surface area contributed by atoms with Crippen molar-refractivity contribution in [2.45, 2.75) is 26.7 Å². The molecule has 1 heterocycles. The zero-order valence-electron chi connectivity index (χ0n) is 10.2. The number of rotatable bonds is 5. The second-order valence-corrected chi connectivity index (χ2v) is 4.34. The molecule has 4 nitrogen and oxygen atoms in total. The van der Waals surface area contributed by atoms with Gasteiger partial charge in [-0.25, -0.2) is 4.98 Å². The van der Waals surface area contributed by atoms with Crippen molar-refractivity contribution in [1.82, 2.24) is 10.3 Å². The van der Waals surface area contributed by atoms with Crippen molar-refractivity contribution in [3.63, 3.8) is 0 Å². The summed E-state index contributed by atoms with van der Waals surface area (Å²) in [5.74, 6) is 0.471. The summed E-state index contributed by atoms with van der Waals surface area (Å²) in [7, 11) is 0. The molecule has 4 heteroatoms. The lowest BCUT2D eigenvalue weighted by Gasteiger charge is -2.06. The Bertz CT molecular complexity index is 404. The lowest BCUT2D eigenvalue weighted by molar-refractivity contribution is 0.0947.